The Kier molecular flexibility index (Phi) is 6.22. The molecule has 1 N–H and O–H groups in total. The Morgan fingerprint density at radius 1 is 1.09 bits per heavy atom. The average Bonchev–Trinajstić information content (AvgIpc) is 2.48. The van der Waals surface area contributed by atoms with Gasteiger partial charge in [0.2, 0.25) is 5.91 Å². The summed E-state index contributed by atoms with van der Waals surface area (Å²) in [6, 6.07) is 11.9. The molecule has 0 atom stereocenters. The summed E-state index contributed by atoms with van der Waals surface area (Å²) in [7, 11) is 0. The maximum atomic E-state index is 13.6. The van der Waals surface area contributed by atoms with Gasteiger partial charge in [0.1, 0.15) is 5.82 Å². The van der Waals surface area contributed by atoms with Crippen LogP contribution in [0.2, 0.25) is 10.0 Å². The zero-order valence-corrected chi connectivity index (χ0v) is 13.4. The fraction of sp³-hybridized carbons (Fsp3) is 0.235. The van der Waals surface area contributed by atoms with Gasteiger partial charge in [0.05, 0.1) is 6.42 Å². The summed E-state index contributed by atoms with van der Waals surface area (Å²) in [4.78, 5) is 11.8. The van der Waals surface area contributed by atoms with Crippen LogP contribution in [0.3, 0.4) is 0 Å². The highest BCUT2D eigenvalue weighted by molar-refractivity contribution is 6.31. The molecule has 2 nitrogen and oxygen atoms in total. The Labute approximate surface area is 139 Å². The molecule has 5 heteroatoms. The summed E-state index contributed by atoms with van der Waals surface area (Å²) in [5.74, 6) is -0.668. The van der Waals surface area contributed by atoms with Gasteiger partial charge in [-0.25, -0.2) is 4.39 Å². The summed E-state index contributed by atoms with van der Waals surface area (Å²) >= 11 is 11.7. The lowest BCUT2D eigenvalue weighted by atomic mass is 10.1. The molecule has 0 saturated heterocycles. The topological polar surface area (TPSA) is 29.1 Å². The largest absolute Gasteiger partial charge is 0.356 e. The molecule has 0 spiro atoms. The molecule has 0 aromatic heterocycles. The predicted octanol–water partition coefficient (Wildman–Crippen LogP) is 4.42. The second-order valence-electron chi connectivity index (χ2n) is 4.96. The van der Waals surface area contributed by atoms with Crippen LogP contribution >= 0.6 is 23.2 Å². The van der Waals surface area contributed by atoms with Crippen LogP contribution in [-0.4, -0.2) is 12.5 Å². The number of rotatable bonds is 6. The average molecular weight is 340 g/mol. The van der Waals surface area contributed by atoms with E-state index in [1.54, 1.807) is 6.07 Å². The van der Waals surface area contributed by atoms with E-state index in [2.05, 4.69) is 5.32 Å². The lowest BCUT2D eigenvalue weighted by Crippen LogP contribution is -2.26. The van der Waals surface area contributed by atoms with Crippen LogP contribution in [0.25, 0.3) is 0 Å². The van der Waals surface area contributed by atoms with Crippen molar-refractivity contribution in [2.45, 2.75) is 19.3 Å². The second kappa shape index (κ2) is 8.16. The molecule has 0 saturated carbocycles. The Hall–Kier alpha value is -1.58. The maximum absolute atomic E-state index is 13.6. The molecule has 0 bridgehead atoms. The number of carbonyl (C=O) groups excluding carboxylic acids is 1. The molecule has 0 aliphatic rings. The van der Waals surface area contributed by atoms with E-state index < -0.39 is 5.82 Å². The number of aryl methyl sites for hydroxylation is 1. The fourth-order valence-electron chi connectivity index (χ4n) is 2.11. The zero-order valence-electron chi connectivity index (χ0n) is 11.9. The Bertz CT molecular complexity index is 661. The van der Waals surface area contributed by atoms with E-state index >= 15 is 0 Å². The van der Waals surface area contributed by atoms with E-state index in [9.17, 15) is 9.18 Å². The maximum Gasteiger partial charge on any atom is 0.224 e. The first-order valence-electron chi connectivity index (χ1n) is 7.00. The highest BCUT2D eigenvalue weighted by Gasteiger charge is 2.08. The number of halogens is 3. The molecule has 0 fully saturated rings. The van der Waals surface area contributed by atoms with Crippen molar-refractivity contribution in [1.29, 1.82) is 0 Å². The van der Waals surface area contributed by atoms with Crippen molar-refractivity contribution in [2.75, 3.05) is 6.54 Å². The molecular formula is C17H16Cl2FNO. The Balaban J connectivity index is 1.75. The van der Waals surface area contributed by atoms with Gasteiger partial charge in [0.15, 0.2) is 0 Å². The monoisotopic (exact) mass is 339 g/mol. The van der Waals surface area contributed by atoms with E-state index in [-0.39, 0.29) is 12.3 Å². The van der Waals surface area contributed by atoms with Gasteiger partial charge in [-0.1, -0.05) is 47.5 Å². The lowest BCUT2D eigenvalue weighted by Gasteiger charge is -2.07. The summed E-state index contributed by atoms with van der Waals surface area (Å²) < 4.78 is 13.6. The van der Waals surface area contributed by atoms with Crippen molar-refractivity contribution in [1.82, 2.24) is 5.32 Å². The van der Waals surface area contributed by atoms with Crippen LogP contribution < -0.4 is 5.32 Å². The molecule has 0 aliphatic carbocycles. The first-order valence-corrected chi connectivity index (χ1v) is 7.76. The smallest absolute Gasteiger partial charge is 0.224 e. The van der Waals surface area contributed by atoms with Gasteiger partial charge < -0.3 is 5.32 Å². The third-order valence-corrected chi connectivity index (χ3v) is 3.87. The molecule has 2 aromatic carbocycles. The quantitative estimate of drug-likeness (QED) is 0.775. The number of benzene rings is 2. The SMILES string of the molecule is O=C(Cc1ccc(Cl)cc1F)NCCCc1ccccc1Cl. The Morgan fingerprint density at radius 3 is 2.59 bits per heavy atom. The van der Waals surface area contributed by atoms with Crippen LogP contribution in [0.1, 0.15) is 17.5 Å². The van der Waals surface area contributed by atoms with E-state index in [0.717, 1.165) is 23.4 Å². The van der Waals surface area contributed by atoms with Crippen molar-refractivity contribution in [3.63, 3.8) is 0 Å². The Morgan fingerprint density at radius 2 is 1.86 bits per heavy atom. The summed E-state index contributed by atoms with van der Waals surface area (Å²) in [5.41, 5.74) is 1.40. The number of hydrogen-bond donors (Lipinski definition) is 1. The van der Waals surface area contributed by atoms with Gasteiger partial charge >= 0.3 is 0 Å². The molecule has 2 rings (SSSR count). The molecule has 0 heterocycles. The van der Waals surface area contributed by atoms with Crippen molar-refractivity contribution in [2.24, 2.45) is 0 Å². The fourth-order valence-corrected chi connectivity index (χ4v) is 2.50. The van der Waals surface area contributed by atoms with Crippen molar-refractivity contribution < 1.29 is 9.18 Å². The van der Waals surface area contributed by atoms with Crippen LogP contribution in [0.15, 0.2) is 42.5 Å². The molecular weight excluding hydrogens is 324 g/mol. The number of carbonyl (C=O) groups is 1. The third-order valence-electron chi connectivity index (χ3n) is 3.27. The highest BCUT2D eigenvalue weighted by Crippen LogP contribution is 2.16. The predicted molar refractivity (Wildman–Crippen MR) is 87.9 cm³/mol. The van der Waals surface area contributed by atoms with E-state index in [1.165, 1.54) is 12.1 Å². The molecule has 0 aliphatic heterocycles. The van der Waals surface area contributed by atoms with Crippen molar-refractivity contribution in [3.8, 4) is 0 Å². The molecule has 22 heavy (non-hydrogen) atoms. The number of hydrogen-bond acceptors (Lipinski definition) is 1. The van der Waals surface area contributed by atoms with Crippen molar-refractivity contribution in [3.05, 3.63) is 69.5 Å². The van der Waals surface area contributed by atoms with E-state index in [4.69, 9.17) is 23.2 Å². The third kappa shape index (κ3) is 5.00. The number of nitrogens with one attached hydrogen (secondary N) is 1. The summed E-state index contributed by atoms with van der Waals surface area (Å²) in [5, 5.41) is 3.84. The van der Waals surface area contributed by atoms with Crippen LogP contribution in [0, 0.1) is 5.82 Å². The summed E-state index contributed by atoms with van der Waals surface area (Å²) in [6.45, 7) is 0.527. The molecule has 116 valence electrons. The molecule has 0 radical (unpaired) electrons. The molecule has 1 amide bonds. The highest BCUT2D eigenvalue weighted by atomic mass is 35.5. The summed E-state index contributed by atoms with van der Waals surface area (Å²) in [6.07, 6.45) is 1.57. The van der Waals surface area contributed by atoms with Crippen LogP contribution in [0.4, 0.5) is 4.39 Å². The van der Waals surface area contributed by atoms with Gasteiger partial charge in [0.25, 0.3) is 0 Å². The van der Waals surface area contributed by atoms with Gasteiger partial charge in [-0.05, 0) is 42.2 Å². The minimum absolute atomic E-state index is 0.00902. The van der Waals surface area contributed by atoms with Gasteiger partial charge in [-0.15, -0.1) is 0 Å². The second-order valence-corrected chi connectivity index (χ2v) is 5.80. The zero-order chi connectivity index (χ0) is 15.9. The van der Waals surface area contributed by atoms with Crippen molar-refractivity contribution >= 4 is 29.1 Å². The first-order chi connectivity index (χ1) is 10.6. The lowest BCUT2D eigenvalue weighted by molar-refractivity contribution is -0.120. The number of amides is 1. The van der Waals surface area contributed by atoms with Crippen LogP contribution in [0.5, 0.6) is 0 Å². The first kappa shape index (κ1) is 16.8. The minimum atomic E-state index is -0.460. The van der Waals surface area contributed by atoms with E-state index in [1.807, 2.05) is 24.3 Å². The standard InChI is InChI=1S/C17H16Cl2FNO/c18-14-8-7-13(16(20)11-14)10-17(22)21-9-3-5-12-4-1-2-6-15(12)19/h1-2,4,6-8,11H,3,5,9-10H2,(H,21,22). The van der Waals surface area contributed by atoms with Gasteiger partial charge in [-0.3, -0.25) is 4.79 Å². The molecule has 0 unspecified atom stereocenters. The van der Waals surface area contributed by atoms with E-state index in [0.29, 0.717) is 17.1 Å². The normalized spacial score (nSPS) is 10.5. The van der Waals surface area contributed by atoms with Gasteiger partial charge in [-0.2, -0.15) is 0 Å². The molecule has 2 aromatic rings. The minimum Gasteiger partial charge on any atom is -0.356 e. The van der Waals surface area contributed by atoms with Crippen LogP contribution in [-0.2, 0) is 17.6 Å². The van der Waals surface area contributed by atoms with Gasteiger partial charge in [0, 0.05) is 16.6 Å².